The number of Topliss-reactive ketones (excluding diaryl/α,β-unsaturated/α-hetero) is 1. The van der Waals surface area contributed by atoms with E-state index in [1.165, 1.54) is 5.56 Å². The normalized spacial score (nSPS) is 17.9. The van der Waals surface area contributed by atoms with Gasteiger partial charge in [0.05, 0.1) is 0 Å². The van der Waals surface area contributed by atoms with Gasteiger partial charge < -0.3 is 5.73 Å². The first-order chi connectivity index (χ1) is 8.72. The van der Waals surface area contributed by atoms with Crippen LogP contribution in [0.2, 0.25) is 0 Å². The van der Waals surface area contributed by atoms with Crippen molar-refractivity contribution in [2.75, 3.05) is 6.54 Å². The van der Waals surface area contributed by atoms with Crippen molar-refractivity contribution in [3.63, 3.8) is 0 Å². The van der Waals surface area contributed by atoms with Crippen LogP contribution in [0.15, 0.2) is 24.3 Å². The van der Waals surface area contributed by atoms with Gasteiger partial charge in [0.15, 0.2) is 5.78 Å². The lowest BCUT2D eigenvalue weighted by Gasteiger charge is -2.25. The quantitative estimate of drug-likeness (QED) is 0.808. The van der Waals surface area contributed by atoms with Gasteiger partial charge in [0, 0.05) is 17.5 Å². The van der Waals surface area contributed by atoms with Crippen LogP contribution in [-0.4, -0.2) is 12.3 Å². The third-order valence-electron chi connectivity index (χ3n) is 4.19. The van der Waals surface area contributed by atoms with Gasteiger partial charge in [-0.1, -0.05) is 50.5 Å². The first-order valence-corrected chi connectivity index (χ1v) is 7.06. The van der Waals surface area contributed by atoms with Gasteiger partial charge >= 0.3 is 0 Å². The van der Waals surface area contributed by atoms with Crippen molar-refractivity contribution < 1.29 is 4.79 Å². The van der Waals surface area contributed by atoms with Gasteiger partial charge in [-0.15, -0.1) is 0 Å². The highest BCUT2D eigenvalue weighted by molar-refractivity contribution is 6.00. The van der Waals surface area contributed by atoms with E-state index in [0.29, 0.717) is 6.54 Å². The molecular weight excluding hydrogens is 222 g/mol. The number of rotatable bonds is 5. The fourth-order valence-electron chi connectivity index (χ4n) is 2.99. The molecule has 1 saturated carbocycles. The van der Waals surface area contributed by atoms with Crippen LogP contribution in [0.5, 0.6) is 0 Å². The Kier molecular flexibility index (Phi) is 4.18. The highest BCUT2D eigenvalue weighted by Crippen LogP contribution is 2.39. The van der Waals surface area contributed by atoms with E-state index in [4.69, 9.17) is 5.73 Å². The van der Waals surface area contributed by atoms with Gasteiger partial charge in [0.1, 0.15) is 0 Å². The molecule has 0 atom stereocenters. The molecule has 18 heavy (non-hydrogen) atoms. The Hall–Kier alpha value is -1.15. The number of aryl methyl sites for hydroxylation is 1. The maximum absolute atomic E-state index is 12.6. The first kappa shape index (κ1) is 13.3. The molecule has 0 amide bonds. The Balaban J connectivity index is 2.17. The first-order valence-electron chi connectivity index (χ1n) is 7.06. The summed E-state index contributed by atoms with van der Waals surface area (Å²) < 4.78 is 0. The van der Waals surface area contributed by atoms with Crippen LogP contribution in [0.1, 0.15) is 54.9 Å². The van der Waals surface area contributed by atoms with Crippen LogP contribution in [-0.2, 0) is 6.42 Å². The minimum atomic E-state index is -0.272. The van der Waals surface area contributed by atoms with E-state index in [-0.39, 0.29) is 11.2 Å². The zero-order valence-electron chi connectivity index (χ0n) is 11.2. The maximum Gasteiger partial charge on any atom is 0.170 e. The Morgan fingerprint density at radius 2 is 1.83 bits per heavy atom. The molecular formula is C16H23NO. The summed E-state index contributed by atoms with van der Waals surface area (Å²) >= 11 is 0. The zero-order chi connectivity index (χ0) is 13.0. The van der Waals surface area contributed by atoms with Crippen LogP contribution in [0, 0.1) is 5.41 Å². The molecule has 1 aliphatic carbocycles. The van der Waals surface area contributed by atoms with E-state index in [1.807, 2.05) is 12.1 Å². The van der Waals surface area contributed by atoms with Crippen molar-refractivity contribution >= 4 is 5.78 Å². The second-order valence-corrected chi connectivity index (χ2v) is 5.47. The molecule has 1 aromatic carbocycles. The minimum absolute atomic E-state index is 0.255. The molecule has 2 nitrogen and oxygen atoms in total. The molecule has 1 aromatic rings. The highest BCUT2D eigenvalue weighted by Gasteiger charge is 2.39. The van der Waals surface area contributed by atoms with E-state index < -0.39 is 0 Å². The van der Waals surface area contributed by atoms with Crippen LogP contribution in [0.25, 0.3) is 0 Å². The summed E-state index contributed by atoms with van der Waals surface area (Å²) in [7, 11) is 0. The molecule has 1 fully saturated rings. The summed E-state index contributed by atoms with van der Waals surface area (Å²) in [5, 5.41) is 0. The lowest BCUT2D eigenvalue weighted by molar-refractivity contribution is 0.0810. The van der Waals surface area contributed by atoms with Crippen LogP contribution >= 0.6 is 0 Å². The summed E-state index contributed by atoms with van der Waals surface area (Å²) in [5.74, 6) is 0.255. The van der Waals surface area contributed by atoms with Crippen molar-refractivity contribution in [2.45, 2.75) is 45.4 Å². The summed E-state index contributed by atoms with van der Waals surface area (Å²) in [4.78, 5) is 12.6. The van der Waals surface area contributed by atoms with E-state index in [2.05, 4.69) is 19.1 Å². The number of carbonyl (C=O) groups excluding carboxylic acids is 1. The maximum atomic E-state index is 12.6. The van der Waals surface area contributed by atoms with Crippen molar-refractivity contribution in [2.24, 2.45) is 11.1 Å². The highest BCUT2D eigenvalue weighted by atomic mass is 16.1. The van der Waals surface area contributed by atoms with Gasteiger partial charge in [-0.25, -0.2) is 0 Å². The Labute approximate surface area is 110 Å². The van der Waals surface area contributed by atoms with Crippen molar-refractivity contribution in [3.8, 4) is 0 Å². The van der Waals surface area contributed by atoms with Crippen LogP contribution in [0.4, 0.5) is 0 Å². The molecule has 0 aromatic heterocycles. The van der Waals surface area contributed by atoms with Gasteiger partial charge in [-0.05, 0) is 24.8 Å². The molecule has 0 unspecified atom stereocenters. The molecule has 1 aliphatic rings. The summed E-state index contributed by atoms with van der Waals surface area (Å²) in [5.41, 5.74) is 7.74. The predicted molar refractivity (Wildman–Crippen MR) is 74.7 cm³/mol. The summed E-state index contributed by atoms with van der Waals surface area (Å²) in [6.45, 7) is 2.66. The Morgan fingerprint density at radius 1 is 1.22 bits per heavy atom. The van der Waals surface area contributed by atoms with E-state index in [9.17, 15) is 4.79 Å². The topological polar surface area (TPSA) is 43.1 Å². The number of hydrogen-bond acceptors (Lipinski definition) is 2. The van der Waals surface area contributed by atoms with E-state index in [1.54, 1.807) is 0 Å². The summed E-state index contributed by atoms with van der Waals surface area (Å²) in [6.07, 6.45) is 6.41. The van der Waals surface area contributed by atoms with Crippen LogP contribution < -0.4 is 5.73 Å². The molecule has 2 rings (SSSR count). The van der Waals surface area contributed by atoms with E-state index >= 15 is 0 Å². The molecule has 0 heterocycles. The largest absolute Gasteiger partial charge is 0.329 e. The molecule has 98 valence electrons. The Bertz CT molecular complexity index is 402. The lowest BCUT2D eigenvalue weighted by Crippen LogP contribution is -2.36. The average Bonchev–Trinajstić information content (AvgIpc) is 2.89. The minimum Gasteiger partial charge on any atom is -0.329 e. The lowest BCUT2D eigenvalue weighted by atomic mass is 9.78. The van der Waals surface area contributed by atoms with Gasteiger partial charge in [0.25, 0.3) is 0 Å². The second-order valence-electron chi connectivity index (χ2n) is 5.47. The monoisotopic (exact) mass is 245 g/mol. The number of benzene rings is 1. The number of hydrogen-bond donors (Lipinski definition) is 1. The fraction of sp³-hybridized carbons (Fsp3) is 0.562. The molecule has 0 aliphatic heterocycles. The molecule has 0 bridgehead atoms. The number of nitrogens with two attached hydrogens (primary N) is 1. The van der Waals surface area contributed by atoms with Gasteiger partial charge in [0.2, 0.25) is 0 Å². The van der Waals surface area contributed by atoms with Crippen LogP contribution in [0.3, 0.4) is 0 Å². The third kappa shape index (κ3) is 2.49. The summed E-state index contributed by atoms with van der Waals surface area (Å²) in [6, 6.07) is 8.11. The van der Waals surface area contributed by atoms with Gasteiger partial charge in [-0.3, -0.25) is 4.79 Å². The van der Waals surface area contributed by atoms with Crippen molar-refractivity contribution in [1.29, 1.82) is 0 Å². The third-order valence-corrected chi connectivity index (χ3v) is 4.19. The van der Waals surface area contributed by atoms with Crippen molar-refractivity contribution in [1.82, 2.24) is 0 Å². The Morgan fingerprint density at radius 3 is 2.33 bits per heavy atom. The predicted octanol–water partition coefficient (Wildman–Crippen LogP) is 3.34. The van der Waals surface area contributed by atoms with Crippen molar-refractivity contribution in [3.05, 3.63) is 35.4 Å². The molecule has 0 spiro atoms. The number of ketones is 1. The standard InChI is InChI=1S/C16H23NO/c1-2-5-13-6-8-14(9-7-13)15(18)16(12-17)10-3-4-11-16/h6-9H,2-5,10-12,17H2,1H3. The number of carbonyl (C=O) groups is 1. The average molecular weight is 245 g/mol. The molecule has 0 radical (unpaired) electrons. The zero-order valence-corrected chi connectivity index (χ0v) is 11.2. The SMILES string of the molecule is CCCc1ccc(C(=O)C2(CN)CCCC2)cc1. The second kappa shape index (κ2) is 5.66. The smallest absolute Gasteiger partial charge is 0.170 e. The molecule has 2 heteroatoms. The molecule has 2 N–H and O–H groups in total. The fourth-order valence-corrected chi connectivity index (χ4v) is 2.99. The molecule has 0 saturated heterocycles. The van der Waals surface area contributed by atoms with E-state index in [0.717, 1.165) is 44.1 Å². The van der Waals surface area contributed by atoms with Gasteiger partial charge in [-0.2, -0.15) is 0 Å².